The van der Waals surface area contributed by atoms with Crippen LogP contribution in [0.3, 0.4) is 0 Å². The van der Waals surface area contributed by atoms with E-state index in [1.54, 1.807) is 7.05 Å². The second-order valence-electron chi connectivity index (χ2n) is 4.45. The number of hydrogen-bond acceptors (Lipinski definition) is 5. The van der Waals surface area contributed by atoms with Crippen molar-refractivity contribution in [1.82, 2.24) is 14.5 Å². The molecule has 1 aliphatic carbocycles. The van der Waals surface area contributed by atoms with Crippen LogP contribution in [0.1, 0.15) is 19.3 Å². The summed E-state index contributed by atoms with van der Waals surface area (Å²) in [6.07, 6.45) is 3.54. The Morgan fingerprint density at radius 1 is 1.65 bits per heavy atom. The summed E-state index contributed by atoms with van der Waals surface area (Å²) >= 11 is 0. The number of hydrogen-bond donors (Lipinski definition) is 3. The van der Waals surface area contributed by atoms with E-state index < -0.39 is 15.6 Å². The van der Waals surface area contributed by atoms with Gasteiger partial charge in [0, 0.05) is 13.2 Å². The molecule has 0 spiro atoms. The first-order valence-electron chi connectivity index (χ1n) is 5.32. The van der Waals surface area contributed by atoms with E-state index in [2.05, 4.69) is 9.82 Å². The fourth-order valence-electron chi connectivity index (χ4n) is 1.93. The number of aliphatic hydroxyl groups is 1. The summed E-state index contributed by atoms with van der Waals surface area (Å²) < 4.78 is 28.0. The third-order valence-corrected chi connectivity index (χ3v) is 4.67. The van der Waals surface area contributed by atoms with Gasteiger partial charge in [-0.2, -0.15) is 5.10 Å². The van der Waals surface area contributed by atoms with Gasteiger partial charge in [0.05, 0.1) is 12.1 Å². The zero-order valence-electron chi connectivity index (χ0n) is 9.55. The van der Waals surface area contributed by atoms with Crippen molar-refractivity contribution in [2.75, 3.05) is 12.3 Å². The molecule has 0 unspecified atom stereocenters. The van der Waals surface area contributed by atoms with Crippen LogP contribution in [0.4, 0.5) is 5.82 Å². The van der Waals surface area contributed by atoms with E-state index in [0.717, 1.165) is 6.42 Å². The third kappa shape index (κ3) is 2.15. The van der Waals surface area contributed by atoms with Gasteiger partial charge in [-0.25, -0.2) is 13.1 Å². The minimum absolute atomic E-state index is 0.0348. The molecule has 1 aromatic heterocycles. The fourth-order valence-corrected chi connectivity index (χ4v) is 3.48. The lowest BCUT2D eigenvalue weighted by atomic mass is 9.78. The monoisotopic (exact) mass is 260 g/mol. The Labute approximate surface area is 99.7 Å². The smallest absolute Gasteiger partial charge is 0.246 e. The van der Waals surface area contributed by atoms with Crippen LogP contribution in [0, 0.1) is 0 Å². The van der Waals surface area contributed by atoms with Crippen LogP contribution in [-0.2, 0) is 17.1 Å². The summed E-state index contributed by atoms with van der Waals surface area (Å²) in [6, 6.07) is 0. The van der Waals surface area contributed by atoms with E-state index in [1.807, 2.05) is 0 Å². The average Bonchev–Trinajstić information content (AvgIpc) is 2.52. The minimum Gasteiger partial charge on any atom is -0.394 e. The van der Waals surface area contributed by atoms with Crippen LogP contribution in [0.15, 0.2) is 11.1 Å². The van der Waals surface area contributed by atoms with Gasteiger partial charge in [0.1, 0.15) is 4.90 Å². The molecule has 1 aliphatic rings. The van der Waals surface area contributed by atoms with Crippen molar-refractivity contribution >= 4 is 15.8 Å². The number of aliphatic hydroxyl groups excluding tert-OH is 1. The predicted octanol–water partition coefficient (Wildman–Crippen LogP) is -0.804. The van der Waals surface area contributed by atoms with Crippen LogP contribution in [-0.4, -0.2) is 35.5 Å². The zero-order valence-corrected chi connectivity index (χ0v) is 10.4. The SMILES string of the molecule is Cn1cc(S(=O)(=O)NC2(CO)CCC2)c(N)n1. The summed E-state index contributed by atoms with van der Waals surface area (Å²) in [5, 5.41) is 13.0. The van der Waals surface area contributed by atoms with E-state index in [1.165, 1.54) is 10.9 Å². The summed E-state index contributed by atoms with van der Waals surface area (Å²) in [4.78, 5) is -0.0419. The summed E-state index contributed by atoms with van der Waals surface area (Å²) in [5.41, 5.74) is 4.81. The lowest BCUT2D eigenvalue weighted by Gasteiger charge is -2.40. The number of rotatable bonds is 4. The first kappa shape index (κ1) is 12.3. The Balaban J connectivity index is 2.28. The number of anilines is 1. The molecule has 8 heteroatoms. The number of nitrogens with one attached hydrogen (secondary N) is 1. The molecule has 0 radical (unpaired) electrons. The third-order valence-electron chi connectivity index (χ3n) is 3.08. The van der Waals surface area contributed by atoms with Gasteiger partial charge in [0.15, 0.2) is 5.82 Å². The van der Waals surface area contributed by atoms with Gasteiger partial charge in [-0.1, -0.05) is 0 Å². The number of nitrogens with two attached hydrogens (primary N) is 1. The standard InChI is InChI=1S/C9H16N4O3S/c1-13-5-7(8(10)11-13)17(15,16)12-9(6-14)3-2-4-9/h5,12,14H,2-4,6H2,1H3,(H2,10,11). The van der Waals surface area contributed by atoms with Crippen molar-refractivity contribution in [1.29, 1.82) is 0 Å². The molecular weight excluding hydrogens is 244 g/mol. The summed E-state index contributed by atoms with van der Waals surface area (Å²) in [5.74, 6) is -0.0348. The van der Waals surface area contributed by atoms with Crippen molar-refractivity contribution in [2.24, 2.45) is 7.05 Å². The molecule has 0 aliphatic heterocycles. The van der Waals surface area contributed by atoms with Crippen LogP contribution in [0.25, 0.3) is 0 Å². The van der Waals surface area contributed by atoms with Crippen molar-refractivity contribution in [3.63, 3.8) is 0 Å². The highest BCUT2D eigenvalue weighted by Crippen LogP contribution is 2.33. The number of sulfonamides is 1. The maximum atomic E-state index is 12.1. The van der Waals surface area contributed by atoms with Crippen molar-refractivity contribution < 1.29 is 13.5 Å². The van der Waals surface area contributed by atoms with Crippen molar-refractivity contribution in [3.05, 3.63) is 6.20 Å². The second-order valence-corrected chi connectivity index (χ2v) is 6.10. The van der Waals surface area contributed by atoms with Crippen molar-refractivity contribution in [3.8, 4) is 0 Å². The van der Waals surface area contributed by atoms with E-state index >= 15 is 0 Å². The molecule has 7 nitrogen and oxygen atoms in total. The lowest BCUT2D eigenvalue weighted by molar-refractivity contribution is 0.110. The predicted molar refractivity (Wildman–Crippen MR) is 61.6 cm³/mol. The average molecular weight is 260 g/mol. The molecule has 1 saturated carbocycles. The quantitative estimate of drug-likeness (QED) is 0.656. The molecule has 1 aromatic rings. The summed E-state index contributed by atoms with van der Waals surface area (Å²) in [6.45, 7) is -0.202. The van der Waals surface area contributed by atoms with Gasteiger partial charge >= 0.3 is 0 Å². The Morgan fingerprint density at radius 3 is 2.65 bits per heavy atom. The molecular formula is C9H16N4O3S. The largest absolute Gasteiger partial charge is 0.394 e. The molecule has 1 fully saturated rings. The summed E-state index contributed by atoms with van der Waals surface area (Å²) in [7, 11) is -2.12. The van der Waals surface area contributed by atoms with Gasteiger partial charge in [-0.3, -0.25) is 4.68 Å². The highest BCUT2D eigenvalue weighted by molar-refractivity contribution is 7.89. The van der Waals surface area contributed by atoms with E-state index in [9.17, 15) is 13.5 Å². The van der Waals surface area contributed by atoms with Gasteiger partial charge in [-0.05, 0) is 19.3 Å². The molecule has 0 saturated heterocycles. The highest BCUT2D eigenvalue weighted by atomic mass is 32.2. The van der Waals surface area contributed by atoms with Gasteiger partial charge in [0.2, 0.25) is 10.0 Å². The number of aromatic nitrogens is 2. The molecule has 2 rings (SSSR count). The fraction of sp³-hybridized carbons (Fsp3) is 0.667. The van der Waals surface area contributed by atoms with Crippen molar-refractivity contribution in [2.45, 2.75) is 29.7 Å². The van der Waals surface area contributed by atoms with Gasteiger partial charge in [-0.15, -0.1) is 0 Å². The van der Waals surface area contributed by atoms with Crippen LogP contribution in [0.5, 0.6) is 0 Å². The van der Waals surface area contributed by atoms with E-state index in [4.69, 9.17) is 5.73 Å². The number of nitrogens with zero attached hydrogens (tertiary/aromatic N) is 2. The molecule has 0 atom stereocenters. The molecule has 0 aromatic carbocycles. The van der Waals surface area contributed by atoms with Crippen LogP contribution in [0.2, 0.25) is 0 Å². The Bertz CT molecular complexity index is 513. The maximum absolute atomic E-state index is 12.1. The molecule has 1 heterocycles. The van der Waals surface area contributed by atoms with Gasteiger partial charge < -0.3 is 10.8 Å². The molecule has 0 bridgehead atoms. The van der Waals surface area contributed by atoms with E-state index in [-0.39, 0.29) is 17.3 Å². The maximum Gasteiger partial charge on any atom is 0.246 e. The topological polar surface area (TPSA) is 110 Å². The van der Waals surface area contributed by atoms with Crippen LogP contribution >= 0.6 is 0 Å². The molecule has 0 amide bonds. The lowest BCUT2D eigenvalue weighted by Crippen LogP contribution is -2.55. The molecule has 4 N–H and O–H groups in total. The highest BCUT2D eigenvalue weighted by Gasteiger charge is 2.41. The minimum atomic E-state index is -3.72. The number of aryl methyl sites for hydroxylation is 1. The van der Waals surface area contributed by atoms with Crippen LogP contribution < -0.4 is 10.5 Å². The number of nitrogen functional groups attached to an aromatic ring is 1. The first-order valence-corrected chi connectivity index (χ1v) is 6.81. The molecule has 96 valence electrons. The Hall–Kier alpha value is -1.12. The van der Waals surface area contributed by atoms with E-state index in [0.29, 0.717) is 12.8 Å². The Morgan fingerprint density at radius 2 is 2.29 bits per heavy atom. The Kier molecular flexibility index (Phi) is 2.88. The zero-order chi connectivity index (χ0) is 12.7. The second kappa shape index (κ2) is 3.97. The molecule has 17 heavy (non-hydrogen) atoms. The van der Waals surface area contributed by atoms with Gasteiger partial charge in [0.25, 0.3) is 0 Å². The normalized spacial score (nSPS) is 18.9. The first-order chi connectivity index (χ1) is 7.88.